The van der Waals surface area contributed by atoms with Crippen molar-refractivity contribution in [2.45, 2.75) is 45.1 Å². The second-order valence-corrected chi connectivity index (χ2v) is 4.27. The van der Waals surface area contributed by atoms with Gasteiger partial charge in [0.25, 0.3) is 0 Å². The van der Waals surface area contributed by atoms with Gasteiger partial charge in [0.1, 0.15) is 0 Å². The van der Waals surface area contributed by atoms with E-state index in [0.29, 0.717) is 12.3 Å². The molecule has 1 aliphatic rings. The normalized spacial score (nSPS) is 27.3. The lowest BCUT2D eigenvalue weighted by Crippen LogP contribution is -2.45. The first-order valence-electron chi connectivity index (χ1n) is 4.90. The van der Waals surface area contributed by atoms with Gasteiger partial charge >= 0.3 is 5.97 Å². The van der Waals surface area contributed by atoms with Gasteiger partial charge in [0.05, 0.1) is 12.2 Å². The van der Waals surface area contributed by atoms with Crippen molar-refractivity contribution < 1.29 is 14.6 Å². The van der Waals surface area contributed by atoms with Gasteiger partial charge in [-0.25, -0.2) is 0 Å². The Bertz CT molecular complexity index is 183. The van der Waals surface area contributed by atoms with Gasteiger partial charge in [-0.15, -0.1) is 0 Å². The fourth-order valence-corrected chi connectivity index (χ4v) is 1.93. The quantitative estimate of drug-likeness (QED) is 0.714. The predicted molar refractivity (Wildman–Crippen MR) is 49.6 cm³/mol. The van der Waals surface area contributed by atoms with Crippen molar-refractivity contribution >= 4 is 5.97 Å². The van der Waals surface area contributed by atoms with Crippen molar-refractivity contribution in [2.24, 2.45) is 5.92 Å². The van der Waals surface area contributed by atoms with Crippen molar-refractivity contribution in [2.75, 3.05) is 6.61 Å². The molecule has 0 aliphatic carbocycles. The van der Waals surface area contributed by atoms with E-state index in [9.17, 15) is 4.79 Å². The molecular formula is C10H18O3. The van der Waals surface area contributed by atoms with Gasteiger partial charge in [-0.1, -0.05) is 13.8 Å². The average molecular weight is 186 g/mol. The fourth-order valence-electron chi connectivity index (χ4n) is 1.93. The smallest absolute Gasteiger partial charge is 0.303 e. The zero-order valence-electron chi connectivity index (χ0n) is 8.38. The summed E-state index contributed by atoms with van der Waals surface area (Å²) < 4.78 is 5.52. The van der Waals surface area contributed by atoms with Gasteiger partial charge in [0.2, 0.25) is 0 Å². The predicted octanol–water partition coefficient (Wildman–Crippen LogP) is 2.06. The third kappa shape index (κ3) is 2.99. The molecule has 3 nitrogen and oxygen atoms in total. The average Bonchev–Trinajstić information content (AvgIpc) is 1.93. The molecule has 0 amide bonds. The van der Waals surface area contributed by atoms with Crippen molar-refractivity contribution in [3.05, 3.63) is 0 Å². The van der Waals surface area contributed by atoms with E-state index in [4.69, 9.17) is 9.84 Å². The molecule has 3 heteroatoms. The maximum atomic E-state index is 10.4. The molecule has 0 bridgehead atoms. The molecule has 1 fully saturated rings. The number of aliphatic carboxylic acids is 1. The van der Waals surface area contributed by atoms with E-state index in [-0.39, 0.29) is 12.0 Å². The largest absolute Gasteiger partial charge is 0.481 e. The molecule has 0 aromatic carbocycles. The van der Waals surface area contributed by atoms with Crippen LogP contribution in [0.2, 0.25) is 0 Å². The Balaban J connectivity index is 2.35. The van der Waals surface area contributed by atoms with Gasteiger partial charge in [-0.05, 0) is 25.2 Å². The molecule has 1 N–H and O–H groups in total. The zero-order chi connectivity index (χ0) is 9.90. The molecule has 1 unspecified atom stereocenters. The highest BCUT2D eigenvalue weighted by Gasteiger charge is 2.38. The first-order chi connectivity index (χ1) is 6.04. The Morgan fingerprint density at radius 3 is 2.54 bits per heavy atom. The summed E-state index contributed by atoms with van der Waals surface area (Å²) in [7, 11) is 0. The maximum Gasteiger partial charge on any atom is 0.303 e. The minimum Gasteiger partial charge on any atom is -0.481 e. The summed E-state index contributed by atoms with van der Waals surface area (Å²) in [4.78, 5) is 10.4. The molecule has 0 spiro atoms. The number of carboxylic acids is 1. The maximum absolute atomic E-state index is 10.4. The van der Waals surface area contributed by atoms with Crippen LogP contribution in [-0.2, 0) is 9.53 Å². The van der Waals surface area contributed by atoms with E-state index in [1.165, 1.54) is 0 Å². The molecule has 13 heavy (non-hydrogen) atoms. The van der Waals surface area contributed by atoms with Crippen LogP contribution < -0.4 is 0 Å². The summed E-state index contributed by atoms with van der Waals surface area (Å²) in [6.07, 6.45) is 2.91. The van der Waals surface area contributed by atoms with E-state index >= 15 is 0 Å². The number of rotatable bonds is 5. The van der Waals surface area contributed by atoms with E-state index < -0.39 is 5.97 Å². The van der Waals surface area contributed by atoms with E-state index in [1.807, 2.05) is 0 Å². The minimum atomic E-state index is -0.723. The summed E-state index contributed by atoms with van der Waals surface area (Å²) in [6, 6.07) is 0. The molecule has 1 rings (SSSR count). The second kappa shape index (κ2) is 4.09. The highest BCUT2D eigenvalue weighted by atomic mass is 16.5. The van der Waals surface area contributed by atoms with Gasteiger partial charge in [0.15, 0.2) is 0 Å². The van der Waals surface area contributed by atoms with Crippen molar-refractivity contribution in [1.82, 2.24) is 0 Å². The standard InChI is InChI=1S/C10H18O3/c1-8(2)7-10(5-6-13-10)4-3-9(11)12/h8H,3-7H2,1-2H3,(H,11,12). The van der Waals surface area contributed by atoms with E-state index in [1.54, 1.807) is 0 Å². The van der Waals surface area contributed by atoms with Crippen LogP contribution >= 0.6 is 0 Å². The number of carboxylic acid groups (broad SMARTS) is 1. The van der Waals surface area contributed by atoms with Crippen LogP contribution in [0.15, 0.2) is 0 Å². The van der Waals surface area contributed by atoms with Crippen molar-refractivity contribution in [3.63, 3.8) is 0 Å². The summed E-state index contributed by atoms with van der Waals surface area (Å²) in [5, 5.41) is 8.57. The lowest BCUT2D eigenvalue weighted by Gasteiger charge is -2.43. The third-order valence-electron chi connectivity index (χ3n) is 2.54. The summed E-state index contributed by atoms with van der Waals surface area (Å²) >= 11 is 0. The Labute approximate surface area is 79.1 Å². The minimum absolute atomic E-state index is 0.105. The van der Waals surface area contributed by atoms with Gasteiger partial charge < -0.3 is 9.84 Å². The monoisotopic (exact) mass is 186 g/mol. The number of hydrogen-bond acceptors (Lipinski definition) is 2. The van der Waals surface area contributed by atoms with E-state index in [2.05, 4.69) is 13.8 Å². The lowest BCUT2D eigenvalue weighted by molar-refractivity contribution is -0.167. The van der Waals surface area contributed by atoms with Gasteiger partial charge in [-0.2, -0.15) is 0 Å². The molecule has 1 saturated heterocycles. The molecular weight excluding hydrogens is 168 g/mol. The van der Waals surface area contributed by atoms with Crippen LogP contribution in [0.25, 0.3) is 0 Å². The second-order valence-electron chi connectivity index (χ2n) is 4.27. The Kier molecular flexibility index (Phi) is 3.31. The summed E-state index contributed by atoms with van der Waals surface area (Å²) in [5.74, 6) is -0.146. The van der Waals surface area contributed by atoms with Gasteiger partial charge in [0, 0.05) is 6.42 Å². The SMILES string of the molecule is CC(C)CC1(CCC(=O)O)CCO1. The summed E-state index contributed by atoms with van der Waals surface area (Å²) in [6.45, 7) is 5.08. The van der Waals surface area contributed by atoms with Crippen LogP contribution in [0.3, 0.4) is 0 Å². The van der Waals surface area contributed by atoms with Crippen LogP contribution in [-0.4, -0.2) is 23.3 Å². The Hall–Kier alpha value is -0.570. The fraction of sp³-hybridized carbons (Fsp3) is 0.900. The molecule has 0 saturated carbocycles. The Morgan fingerprint density at radius 1 is 1.62 bits per heavy atom. The molecule has 1 atom stereocenters. The first-order valence-corrected chi connectivity index (χ1v) is 4.90. The molecule has 0 aromatic heterocycles. The summed E-state index contributed by atoms with van der Waals surface area (Å²) in [5.41, 5.74) is -0.105. The highest BCUT2D eigenvalue weighted by Crippen LogP contribution is 2.37. The van der Waals surface area contributed by atoms with Crippen LogP contribution in [0.4, 0.5) is 0 Å². The van der Waals surface area contributed by atoms with E-state index in [0.717, 1.165) is 19.4 Å². The molecule has 1 heterocycles. The van der Waals surface area contributed by atoms with Crippen LogP contribution in [0, 0.1) is 5.92 Å². The molecule has 0 aromatic rings. The van der Waals surface area contributed by atoms with Gasteiger partial charge in [-0.3, -0.25) is 4.79 Å². The molecule has 0 radical (unpaired) electrons. The third-order valence-corrected chi connectivity index (χ3v) is 2.54. The van der Waals surface area contributed by atoms with Crippen molar-refractivity contribution in [3.8, 4) is 0 Å². The first kappa shape index (κ1) is 10.5. The Morgan fingerprint density at radius 2 is 2.23 bits per heavy atom. The lowest BCUT2D eigenvalue weighted by atomic mass is 9.82. The topological polar surface area (TPSA) is 46.5 Å². The number of carbonyl (C=O) groups is 1. The number of hydrogen-bond donors (Lipinski definition) is 1. The molecule has 1 aliphatic heterocycles. The molecule has 76 valence electrons. The zero-order valence-corrected chi connectivity index (χ0v) is 8.38. The van der Waals surface area contributed by atoms with Crippen LogP contribution in [0.5, 0.6) is 0 Å². The van der Waals surface area contributed by atoms with Crippen LogP contribution in [0.1, 0.15) is 39.5 Å². The highest BCUT2D eigenvalue weighted by molar-refractivity contribution is 5.66. The number of ether oxygens (including phenoxy) is 1. The van der Waals surface area contributed by atoms with Crippen molar-refractivity contribution in [1.29, 1.82) is 0 Å².